The predicted molar refractivity (Wildman–Crippen MR) is 123 cm³/mol. The van der Waals surface area contributed by atoms with E-state index in [1.54, 1.807) is 36.3 Å². The third kappa shape index (κ3) is 5.19. The van der Waals surface area contributed by atoms with Gasteiger partial charge in [-0.05, 0) is 43.7 Å². The lowest BCUT2D eigenvalue weighted by Crippen LogP contribution is -2.46. The summed E-state index contributed by atoms with van der Waals surface area (Å²) < 4.78 is 0. The van der Waals surface area contributed by atoms with Gasteiger partial charge in [0.25, 0.3) is 5.91 Å². The van der Waals surface area contributed by atoms with Crippen molar-refractivity contribution in [3.8, 4) is 0 Å². The highest BCUT2D eigenvalue weighted by molar-refractivity contribution is 6.02. The van der Waals surface area contributed by atoms with Crippen LogP contribution in [0.3, 0.4) is 0 Å². The van der Waals surface area contributed by atoms with Gasteiger partial charge < -0.3 is 19.5 Å². The van der Waals surface area contributed by atoms with Crippen molar-refractivity contribution in [1.82, 2.24) is 9.88 Å². The average molecular weight is 437 g/mol. The zero-order valence-corrected chi connectivity index (χ0v) is 18.4. The van der Waals surface area contributed by atoms with Gasteiger partial charge in [0.05, 0.1) is 5.56 Å². The lowest BCUT2D eigenvalue weighted by molar-refractivity contribution is -0.108. The average Bonchev–Trinajstić information content (AvgIpc) is 2.86. The first-order valence-corrected chi connectivity index (χ1v) is 10.7. The van der Waals surface area contributed by atoms with E-state index in [1.807, 2.05) is 19.1 Å². The van der Waals surface area contributed by atoms with Crippen LogP contribution in [0.2, 0.25) is 0 Å². The van der Waals surface area contributed by atoms with Crippen LogP contribution in [0.1, 0.15) is 50.8 Å². The van der Waals surface area contributed by atoms with Crippen LogP contribution in [0.5, 0.6) is 0 Å². The Hall–Kier alpha value is -3.55. The van der Waals surface area contributed by atoms with Crippen LogP contribution in [-0.4, -0.2) is 73.9 Å². The summed E-state index contributed by atoms with van der Waals surface area (Å²) in [5.41, 5.74) is 2.16. The van der Waals surface area contributed by atoms with Gasteiger partial charge in [0.15, 0.2) is 12.6 Å². The van der Waals surface area contributed by atoms with E-state index in [0.29, 0.717) is 29.5 Å². The molecule has 1 aliphatic heterocycles. The SMILES string of the molecule is CC(CCC=O)N(C)C(=O)c1ccc(N2CCN(c3ccc(C=O)cn3)CC2)cc1C=O. The Morgan fingerprint density at radius 2 is 1.78 bits per heavy atom. The molecule has 1 unspecified atom stereocenters. The molecule has 1 amide bonds. The summed E-state index contributed by atoms with van der Waals surface area (Å²) in [7, 11) is 1.69. The largest absolute Gasteiger partial charge is 0.368 e. The number of hydrogen-bond acceptors (Lipinski definition) is 7. The van der Waals surface area contributed by atoms with E-state index in [0.717, 1.165) is 56.5 Å². The molecule has 1 aromatic heterocycles. The number of pyridine rings is 1. The molecule has 3 rings (SSSR count). The van der Waals surface area contributed by atoms with Crippen LogP contribution in [0, 0.1) is 0 Å². The highest BCUT2D eigenvalue weighted by Crippen LogP contribution is 2.23. The Bertz CT molecular complexity index is 968. The summed E-state index contributed by atoms with van der Waals surface area (Å²) in [6.45, 7) is 4.87. The number of benzene rings is 1. The molecule has 0 radical (unpaired) electrons. The number of aromatic nitrogens is 1. The molecule has 8 nitrogen and oxygen atoms in total. The first kappa shape index (κ1) is 23.1. The molecule has 2 aromatic rings. The first-order chi connectivity index (χ1) is 15.5. The molecule has 0 aliphatic carbocycles. The number of carbonyl (C=O) groups is 4. The van der Waals surface area contributed by atoms with E-state index >= 15 is 0 Å². The number of carbonyl (C=O) groups excluding carboxylic acids is 4. The van der Waals surface area contributed by atoms with Crippen molar-refractivity contribution in [2.75, 3.05) is 43.0 Å². The van der Waals surface area contributed by atoms with Gasteiger partial charge in [-0.25, -0.2) is 4.98 Å². The molecule has 1 aliphatic rings. The third-order valence-corrected chi connectivity index (χ3v) is 5.95. The third-order valence-electron chi connectivity index (χ3n) is 5.95. The molecule has 32 heavy (non-hydrogen) atoms. The Balaban J connectivity index is 1.68. The van der Waals surface area contributed by atoms with E-state index in [4.69, 9.17) is 0 Å². The zero-order chi connectivity index (χ0) is 23.1. The number of nitrogens with zero attached hydrogens (tertiary/aromatic N) is 4. The van der Waals surface area contributed by atoms with Crippen molar-refractivity contribution in [3.05, 3.63) is 53.2 Å². The molecule has 0 saturated carbocycles. The lowest BCUT2D eigenvalue weighted by atomic mass is 10.0. The van der Waals surface area contributed by atoms with Crippen molar-refractivity contribution >= 4 is 36.3 Å². The van der Waals surface area contributed by atoms with E-state index in [1.165, 1.54) is 0 Å². The van der Waals surface area contributed by atoms with E-state index in [-0.39, 0.29) is 11.9 Å². The number of piperazine rings is 1. The molecule has 168 valence electrons. The zero-order valence-electron chi connectivity index (χ0n) is 18.4. The highest BCUT2D eigenvalue weighted by atomic mass is 16.2. The van der Waals surface area contributed by atoms with Crippen molar-refractivity contribution in [1.29, 1.82) is 0 Å². The van der Waals surface area contributed by atoms with E-state index < -0.39 is 0 Å². The molecular weight excluding hydrogens is 408 g/mol. The molecule has 1 aromatic carbocycles. The number of aldehydes is 3. The number of rotatable bonds is 9. The molecule has 0 N–H and O–H groups in total. The van der Waals surface area contributed by atoms with Crippen LogP contribution in [0.25, 0.3) is 0 Å². The predicted octanol–water partition coefficient (Wildman–Crippen LogP) is 2.47. The van der Waals surface area contributed by atoms with Gasteiger partial charge in [-0.1, -0.05) is 0 Å². The summed E-state index contributed by atoms with van der Waals surface area (Å²) in [6.07, 6.45) is 4.87. The van der Waals surface area contributed by atoms with Gasteiger partial charge in [0, 0.05) is 68.7 Å². The van der Waals surface area contributed by atoms with Crippen molar-refractivity contribution < 1.29 is 19.2 Å². The van der Waals surface area contributed by atoms with Crippen LogP contribution in [0.15, 0.2) is 36.5 Å². The molecule has 1 atom stereocenters. The van der Waals surface area contributed by atoms with Gasteiger partial charge in [-0.15, -0.1) is 0 Å². The summed E-state index contributed by atoms with van der Waals surface area (Å²) >= 11 is 0. The van der Waals surface area contributed by atoms with Gasteiger partial charge >= 0.3 is 0 Å². The monoisotopic (exact) mass is 436 g/mol. The van der Waals surface area contributed by atoms with E-state index in [2.05, 4.69) is 14.8 Å². The van der Waals surface area contributed by atoms with Crippen LogP contribution >= 0.6 is 0 Å². The first-order valence-electron chi connectivity index (χ1n) is 10.7. The summed E-state index contributed by atoms with van der Waals surface area (Å²) in [6, 6.07) is 8.83. The Morgan fingerprint density at radius 3 is 2.38 bits per heavy atom. The van der Waals surface area contributed by atoms with Crippen molar-refractivity contribution in [2.45, 2.75) is 25.8 Å². The fraction of sp³-hybridized carbons (Fsp3) is 0.375. The maximum atomic E-state index is 12.9. The summed E-state index contributed by atoms with van der Waals surface area (Å²) in [5.74, 6) is 0.600. The van der Waals surface area contributed by atoms with E-state index in [9.17, 15) is 19.2 Å². The van der Waals surface area contributed by atoms with Gasteiger partial charge in [0.1, 0.15) is 12.1 Å². The summed E-state index contributed by atoms with van der Waals surface area (Å²) in [5, 5.41) is 0. The normalized spacial score (nSPS) is 14.6. The second-order valence-electron chi connectivity index (χ2n) is 7.94. The molecule has 1 fully saturated rings. The van der Waals surface area contributed by atoms with Crippen LogP contribution in [-0.2, 0) is 4.79 Å². The minimum Gasteiger partial charge on any atom is -0.368 e. The molecule has 2 heterocycles. The fourth-order valence-electron chi connectivity index (χ4n) is 3.78. The fourth-order valence-corrected chi connectivity index (χ4v) is 3.78. The molecule has 8 heteroatoms. The Labute approximate surface area is 187 Å². The van der Waals surface area contributed by atoms with Gasteiger partial charge in [-0.3, -0.25) is 14.4 Å². The quantitative estimate of drug-likeness (QED) is 0.558. The van der Waals surface area contributed by atoms with Crippen LogP contribution in [0.4, 0.5) is 11.5 Å². The molecule has 0 spiro atoms. The van der Waals surface area contributed by atoms with Gasteiger partial charge in [-0.2, -0.15) is 0 Å². The number of anilines is 2. The standard InChI is InChI=1S/C24H28N4O4/c1-18(4-3-13-29)26(2)24(32)22-7-6-21(14-20(22)17-31)27-9-11-28(12-10-27)23-8-5-19(16-30)15-25-23/h5-8,13-18H,3-4,9-12H2,1-2H3. The maximum Gasteiger partial charge on any atom is 0.254 e. The minimum atomic E-state index is -0.230. The Kier molecular flexibility index (Phi) is 7.70. The topological polar surface area (TPSA) is 90.9 Å². The molecular formula is C24H28N4O4. The summed E-state index contributed by atoms with van der Waals surface area (Å²) in [4.78, 5) is 56.3. The highest BCUT2D eigenvalue weighted by Gasteiger charge is 2.23. The van der Waals surface area contributed by atoms with Crippen molar-refractivity contribution in [2.24, 2.45) is 0 Å². The minimum absolute atomic E-state index is 0.103. The molecule has 0 bridgehead atoms. The van der Waals surface area contributed by atoms with Crippen molar-refractivity contribution in [3.63, 3.8) is 0 Å². The second kappa shape index (κ2) is 10.7. The smallest absolute Gasteiger partial charge is 0.254 e. The molecule has 1 saturated heterocycles. The maximum absolute atomic E-state index is 12.9. The number of amides is 1. The second-order valence-corrected chi connectivity index (χ2v) is 7.94. The lowest BCUT2D eigenvalue weighted by Gasteiger charge is -2.37. The Morgan fingerprint density at radius 1 is 1.06 bits per heavy atom. The number of hydrogen-bond donors (Lipinski definition) is 0. The van der Waals surface area contributed by atoms with Crippen LogP contribution < -0.4 is 9.80 Å². The van der Waals surface area contributed by atoms with Gasteiger partial charge in [0.2, 0.25) is 0 Å².